The summed E-state index contributed by atoms with van der Waals surface area (Å²) in [5.41, 5.74) is 0.460. The molecule has 2 aromatic rings. The van der Waals surface area contributed by atoms with Crippen LogP contribution in [0.3, 0.4) is 0 Å². The summed E-state index contributed by atoms with van der Waals surface area (Å²) in [4.78, 5) is 47.6. The van der Waals surface area contributed by atoms with E-state index in [1.54, 1.807) is 23.1 Å². The van der Waals surface area contributed by atoms with Gasteiger partial charge in [0.1, 0.15) is 12.4 Å². The van der Waals surface area contributed by atoms with Crippen LogP contribution in [0.5, 0.6) is 0 Å². The Morgan fingerprint density at radius 1 is 1.18 bits per heavy atom. The van der Waals surface area contributed by atoms with Crippen molar-refractivity contribution in [2.24, 2.45) is 0 Å². The van der Waals surface area contributed by atoms with Crippen LogP contribution in [0.4, 0.5) is 4.79 Å². The molecule has 0 atom stereocenters. The molecule has 8 heteroatoms. The minimum atomic E-state index is -0.248. The highest BCUT2D eigenvalue weighted by Crippen LogP contribution is 2.24. The van der Waals surface area contributed by atoms with Crippen LogP contribution in [0.1, 0.15) is 31.5 Å². The number of aromatic nitrogens is 2. The van der Waals surface area contributed by atoms with Crippen molar-refractivity contribution in [1.82, 2.24) is 25.1 Å². The lowest BCUT2D eigenvalue weighted by atomic mass is 10.2. The molecule has 1 aliphatic carbocycles. The second-order valence-electron chi connectivity index (χ2n) is 7.46. The van der Waals surface area contributed by atoms with E-state index in [9.17, 15) is 14.4 Å². The number of carbonyl (C=O) groups is 2. The molecule has 2 fully saturated rings. The fourth-order valence-corrected chi connectivity index (χ4v) is 4.11. The standard InChI is InChI=1S/C20H25N5O3/c26-18-13-24(11-12-25(18)14-5-1-2-6-14)20(28)21-10-9-17-22-16-8-4-3-7-15(16)19(27)23-17/h3-4,7-8,14H,1-2,5-6,9-13H2,(H,21,28)(H,22,23,27). The Hall–Kier alpha value is -2.90. The van der Waals surface area contributed by atoms with E-state index in [1.165, 1.54) is 12.8 Å². The number of nitrogens with one attached hydrogen (secondary N) is 2. The Morgan fingerprint density at radius 2 is 1.96 bits per heavy atom. The van der Waals surface area contributed by atoms with Gasteiger partial charge in [-0.05, 0) is 25.0 Å². The number of amides is 3. The largest absolute Gasteiger partial charge is 0.338 e. The fourth-order valence-electron chi connectivity index (χ4n) is 4.11. The zero-order chi connectivity index (χ0) is 19.5. The third-order valence-electron chi connectivity index (χ3n) is 5.61. The Bertz CT molecular complexity index is 935. The van der Waals surface area contributed by atoms with Crippen molar-refractivity contribution in [2.75, 3.05) is 26.2 Å². The van der Waals surface area contributed by atoms with E-state index in [4.69, 9.17) is 0 Å². The van der Waals surface area contributed by atoms with Crippen LogP contribution in [0.2, 0.25) is 0 Å². The molecule has 1 aliphatic heterocycles. The molecule has 0 bridgehead atoms. The van der Waals surface area contributed by atoms with Crippen molar-refractivity contribution in [3.63, 3.8) is 0 Å². The third kappa shape index (κ3) is 3.85. The summed E-state index contributed by atoms with van der Waals surface area (Å²) in [7, 11) is 0. The van der Waals surface area contributed by atoms with Gasteiger partial charge < -0.3 is 20.1 Å². The second-order valence-corrected chi connectivity index (χ2v) is 7.46. The fraction of sp³-hybridized carbons (Fsp3) is 0.500. The lowest BCUT2D eigenvalue weighted by Gasteiger charge is -2.37. The van der Waals surface area contributed by atoms with Gasteiger partial charge in [-0.3, -0.25) is 9.59 Å². The van der Waals surface area contributed by atoms with E-state index in [-0.39, 0.29) is 24.0 Å². The average Bonchev–Trinajstić information content (AvgIpc) is 3.22. The van der Waals surface area contributed by atoms with Crippen molar-refractivity contribution in [2.45, 2.75) is 38.1 Å². The van der Waals surface area contributed by atoms with Crippen molar-refractivity contribution >= 4 is 22.8 Å². The number of rotatable bonds is 4. The van der Waals surface area contributed by atoms with Gasteiger partial charge in [0, 0.05) is 32.1 Å². The predicted octanol–water partition coefficient (Wildman–Crippen LogP) is 1.26. The van der Waals surface area contributed by atoms with E-state index in [1.807, 2.05) is 11.0 Å². The third-order valence-corrected chi connectivity index (χ3v) is 5.61. The van der Waals surface area contributed by atoms with Crippen molar-refractivity contribution in [3.8, 4) is 0 Å². The number of piperazine rings is 1. The summed E-state index contributed by atoms with van der Waals surface area (Å²) in [6.45, 7) is 1.64. The Balaban J connectivity index is 1.29. The molecule has 0 spiro atoms. The quantitative estimate of drug-likeness (QED) is 0.830. The molecule has 8 nitrogen and oxygen atoms in total. The maximum absolute atomic E-state index is 12.4. The molecule has 2 aliphatic rings. The average molecular weight is 383 g/mol. The summed E-state index contributed by atoms with van der Waals surface area (Å²) in [6, 6.07) is 7.27. The number of urea groups is 1. The van der Waals surface area contributed by atoms with Crippen LogP contribution in [0.25, 0.3) is 10.9 Å². The highest BCUT2D eigenvalue weighted by Gasteiger charge is 2.32. The number of benzene rings is 1. The number of nitrogens with zero attached hydrogens (tertiary/aromatic N) is 3. The smallest absolute Gasteiger partial charge is 0.317 e. The number of H-pyrrole nitrogens is 1. The van der Waals surface area contributed by atoms with Crippen molar-refractivity contribution in [3.05, 3.63) is 40.4 Å². The van der Waals surface area contributed by atoms with Crippen LogP contribution in [-0.2, 0) is 11.2 Å². The van der Waals surface area contributed by atoms with Crippen molar-refractivity contribution in [1.29, 1.82) is 0 Å². The Morgan fingerprint density at radius 3 is 2.75 bits per heavy atom. The molecule has 2 N–H and O–H groups in total. The number of fused-ring (bicyclic) bond motifs is 1. The molecular formula is C20H25N5O3. The number of aromatic amines is 1. The monoisotopic (exact) mass is 383 g/mol. The first-order valence-electron chi connectivity index (χ1n) is 9.92. The molecule has 3 amide bonds. The number of hydrogen-bond donors (Lipinski definition) is 2. The van der Waals surface area contributed by atoms with Gasteiger partial charge in [-0.25, -0.2) is 9.78 Å². The lowest BCUT2D eigenvalue weighted by molar-refractivity contribution is -0.137. The second kappa shape index (κ2) is 8.00. The highest BCUT2D eigenvalue weighted by atomic mass is 16.2. The topological polar surface area (TPSA) is 98.4 Å². The molecule has 0 radical (unpaired) electrons. The highest BCUT2D eigenvalue weighted by molar-refractivity contribution is 5.85. The molecule has 2 heterocycles. The van der Waals surface area contributed by atoms with Gasteiger partial charge in [-0.2, -0.15) is 0 Å². The van der Waals surface area contributed by atoms with Gasteiger partial charge >= 0.3 is 6.03 Å². The zero-order valence-corrected chi connectivity index (χ0v) is 15.8. The van der Waals surface area contributed by atoms with Crippen molar-refractivity contribution < 1.29 is 9.59 Å². The van der Waals surface area contributed by atoms with E-state index in [0.29, 0.717) is 48.8 Å². The summed E-state index contributed by atoms with van der Waals surface area (Å²) >= 11 is 0. The van der Waals surface area contributed by atoms with E-state index in [2.05, 4.69) is 15.3 Å². The van der Waals surface area contributed by atoms with Gasteiger partial charge in [0.2, 0.25) is 5.91 Å². The van der Waals surface area contributed by atoms with Gasteiger partial charge in [0.25, 0.3) is 5.56 Å². The van der Waals surface area contributed by atoms with Gasteiger partial charge in [0.15, 0.2) is 0 Å². The van der Waals surface area contributed by atoms with E-state index < -0.39 is 0 Å². The summed E-state index contributed by atoms with van der Waals surface area (Å²) in [6.07, 6.45) is 4.94. The first-order chi connectivity index (χ1) is 13.6. The SMILES string of the molecule is O=C(NCCc1nc2ccccc2c(=O)[nH]1)N1CCN(C2CCCC2)C(=O)C1. The zero-order valence-electron chi connectivity index (χ0n) is 15.8. The number of carbonyl (C=O) groups excluding carboxylic acids is 2. The maximum atomic E-state index is 12.4. The van der Waals surface area contributed by atoms with Crippen LogP contribution in [0.15, 0.2) is 29.1 Å². The van der Waals surface area contributed by atoms with Crippen LogP contribution in [0, 0.1) is 0 Å². The molecule has 1 saturated carbocycles. The lowest BCUT2D eigenvalue weighted by Crippen LogP contribution is -2.56. The summed E-state index contributed by atoms with van der Waals surface area (Å²) in [5, 5.41) is 3.38. The number of hydrogen-bond acceptors (Lipinski definition) is 4. The van der Waals surface area contributed by atoms with Crippen LogP contribution in [-0.4, -0.2) is 63.9 Å². The Labute approximate surface area is 162 Å². The molecular weight excluding hydrogens is 358 g/mol. The molecule has 4 rings (SSSR count). The van der Waals surface area contributed by atoms with E-state index >= 15 is 0 Å². The Kier molecular flexibility index (Phi) is 5.27. The summed E-state index contributed by atoms with van der Waals surface area (Å²) in [5.74, 6) is 0.569. The van der Waals surface area contributed by atoms with E-state index in [0.717, 1.165) is 12.8 Å². The maximum Gasteiger partial charge on any atom is 0.317 e. The van der Waals surface area contributed by atoms with Gasteiger partial charge in [-0.15, -0.1) is 0 Å². The summed E-state index contributed by atoms with van der Waals surface area (Å²) < 4.78 is 0. The molecule has 28 heavy (non-hydrogen) atoms. The van der Waals surface area contributed by atoms with Gasteiger partial charge in [0.05, 0.1) is 10.9 Å². The predicted molar refractivity (Wildman–Crippen MR) is 105 cm³/mol. The molecule has 148 valence electrons. The minimum absolute atomic E-state index is 0.0359. The van der Waals surface area contributed by atoms with Gasteiger partial charge in [-0.1, -0.05) is 25.0 Å². The minimum Gasteiger partial charge on any atom is -0.338 e. The van der Waals surface area contributed by atoms with Crippen LogP contribution >= 0.6 is 0 Å². The first kappa shape index (κ1) is 18.5. The molecule has 1 aromatic carbocycles. The molecule has 1 aromatic heterocycles. The normalized spacial score (nSPS) is 18.1. The molecule has 1 saturated heterocycles. The van der Waals surface area contributed by atoms with Crippen LogP contribution < -0.4 is 10.9 Å². The molecule has 0 unspecified atom stereocenters. The number of para-hydroxylation sites is 1. The first-order valence-corrected chi connectivity index (χ1v) is 9.92.